The van der Waals surface area contributed by atoms with Gasteiger partial charge in [0.1, 0.15) is 6.10 Å². The van der Waals surface area contributed by atoms with Crippen molar-refractivity contribution < 1.29 is 41.2 Å². The van der Waals surface area contributed by atoms with Gasteiger partial charge < -0.3 is 20.1 Å². The molecule has 1 fully saturated rings. The van der Waals surface area contributed by atoms with Gasteiger partial charge in [-0.2, -0.15) is 4.31 Å². The maximum atomic E-state index is 13.8. The Balaban J connectivity index is 2.00. The van der Waals surface area contributed by atoms with Crippen LogP contribution in [-0.2, 0) is 44.3 Å². The average Bonchev–Trinajstić information content (AvgIpc) is 3.41. The van der Waals surface area contributed by atoms with E-state index in [0.29, 0.717) is 25.3 Å². The molecule has 1 aliphatic rings. The highest BCUT2D eigenvalue weighted by Gasteiger charge is 2.38. The quantitative estimate of drug-likeness (QED) is 0.161. The first-order chi connectivity index (χ1) is 19.4. The highest BCUT2D eigenvalue weighted by atomic mass is 32.2. The van der Waals surface area contributed by atoms with Gasteiger partial charge in [0, 0.05) is 31.1 Å². The molecule has 3 N–H and O–H groups in total. The Bertz CT molecular complexity index is 1250. The lowest BCUT2D eigenvalue weighted by Gasteiger charge is -2.33. The second kappa shape index (κ2) is 15.2. The molecule has 3 rings (SSSR count). The standard InChI is InChI=1S/C28H41N2O9PS/c1-4-37-40(32,33)39-27(19-30(18-21(2)3)41(34,35)26-12-10-24(29)11-13-26)23(16-22-8-6-5-7-9-22)17-28(31)38-25-14-15-36-20-25/h5-13,21,23,25,27H,4,14-20,29H2,1-3H3,(H,32,33). The molecular weight excluding hydrogens is 571 g/mol. The van der Waals surface area contributed by atoms with E-state index in [1.165, 1.54) is 28.6 Å². The highest BCUT2D eigenvalue weighted by molar-refractivity contribution is 7.89. The van der Waals surface area contributed by atoms with E-state index in [4.69, 9.17) is 24.3 Å². The van der Waals surface area contributed by atoms with Crippen molar-refractivity contribution in [2.45, 2.75) is 57.1 Å². The van der Waals surface area contributed by atoms with Crippen LogP contribution in [-0.4, -0.2) is 68.7 Å². The van der Waals surface area contributed by atoms with Gasteiger partial charge in [0.2, 0.25) is 10.0 Å². The number of carbonyl (C=O) groups is 1. The second-order valence-corrected chi connectivity index (χ2v) is 13.8. The Hall–Kier alpha value is -2.31. The third-order valence-electron chi connectivity index (χ3n) is 6.51. The average molecular weight is 613 g/mol. The lowest BCUT2D eigenvalue weighted by Crippen LogP contribution is -2.44. The third kappa shape index (κ3) is 10.5. The minimum Gasteiger partial charge on any atom is -0.460 e. The van der Waals surface area contributed by atoms with Crippen LogP contribution in [0.1, 0.15) is 39.2 Å². The van der Waals surface area contributed by atoms with Crippen LogP contribution in [0, 0.1) is 11.8 Å². The van der Waals surface area contributed by atoms with Crippen molar-refractivity contribution in [1.82, 2.24) is 4.31 Å². The fourth-order valence-electron chi connectivity index (χ4n) is 4.61. The molecule has 228 valence electrons. The number of carbonyl (C=O) groups excluding carboxylic acids is 1. The predicted octanol–water partition coefficient (Wildman–Crippen LogP) is 4.02. The van der Waals surface area contributed by atoms with Crippen LogP contribution in [0.15, 0.2) is 59.5 Å². The van der Waals surface area contributed by atoms with Crippen LogP contribution in [0.3, 0.4) is 0 Å². The fraction of sp³-hybridized carbons (Fsp3) is 0.536. The topological polar surface area (TPSA) is 155 Å². The van der Waals surface area contributed by atoms with E-state index in [1.807, 2.05) is 44.2 Å². The molecule has 0 saturated carbocycles. The molecule has 41 heavy (non-hydrogen) atoms. The van der Waals surface area contributed by atoms with Crippen LogP contribution >= 0.6 is 7.82 Å². The summed E-state index contributed by atoms with van der Waals surface area (Å²) in [5.41, 5.74) is 7.02. The number of phosphoric ester groups is 1. The first-order valence-electron chi connectivity index (χ1n) is 13.7. The monoisotopic (exact) mass is 612 g/mol. The SMILES string of the molecule is CCOP(=O)(O)OC(CN(CC(C)C)S(=O)(=O)c1ccc(N)cc1)C(CC(=O)OC1CCOC1)Cc1ccccc1. The van der Waals surface area contributed by atoms with Gasteiger partial charge in [0.15, 0.2) is 0 Å². The fourth-order valence-corrected chi connectivity index (χ4v) is 7.19. The lowest BCUT2D eigenvalue weighted by molar-refractivity contribution is -0.151. The summed E-state index contributed by atoms with van der Waals surface area (Å²) in [5.74, 6) is -1.35. The van der Waals surface area contributed by atoms with Gasteiger partial charge in [0.05, 0.1) is 37.2 Å². The Morgan fingerprint density at radius 2 is 1.83 bits per heavy atom. The molecule has 11 nitrogen and oxygen atoms in total. The molecule has 4 unspecified atom stereocenters. The first kappa shape index (κ1) is 33.2. The van der Waals surface area contributed by atoms with Gasteiger partial charge in [-0.1, -0.05) is 44.2 Å². The van der Waals surface area contributed by atoms with Gasteiger partial charge in [-0.05, 0) is 49.1 Å². The number of anilines is 1. The first-order valence-corrected chi connectivity index (χ1v) is 16.7. The van der Waals surface area contributed by atoms with Crippen molar-refractivity contribution in [3.05, 3.63) is 60.2 Å². The maximum Gasteiger partial charge on any atom is 0.472 e. The summed E-state index contributed by atoms with van der Waals surface area (Å²) >= 11 is 0. The molecule has 13 heteroatoms. The Kier molecular flexibility index (Phi) is 12.3. The zero-order chi connectivity index (χ0) is 30.0. The molecule has 0 aliphatic carbocycles. The Morgan fingerprint density at radius 3 is 2.41 bits per heavy atom. The molecular formula is C28H41N2O9PS. The van der Waals surface area contributed by atoms with Crippen LogP contribution in [0.4, 0.5) is 5.69 Å². The van der Waals surface area contributed by atoms with E-state index in [2.05, 4.69) is 0 Å². The normalized spacial score (nSPS) is 18.7. The van der Waals surface area contributed by atoms with Crippen molar-refractivity contribution in [3.63, 3.8) is 0 Å². The zero-order valence-corrected chi connectivity index (χ0v) is 25.5. The van der Waals surface area contributed by atoms with Crippen LogP contribution in [0.25, 0.3) is 0 Å². The van der Waals surface area contributed by atoms with Gasteiger partial charge in [-0.15, -0.1) is 0 Å². The van der Waals surface area contributed by atoms with Crippen LogP contribution < -0.4 is 5.73 Å². The molecule has 1 aliphatic heterocycles. The summed E-state index contributed by atoms with van der Waals surface area (Å²) < 4.78 is 63.3. The molecule has 0 amide bonds. The number of nitrogens with two attached hydrogens (primary N) is 1. The van der Waals surface area contributed by atoms with Crippen molar-refractivity contribution >= 4 is 29.5 Å². The number of hydrogen-bond acceptors (Lipinski definition) is 9. The Morgan fingerprint density at radius 1 is 1.15 bits per heavy atom. The molecule has 0 bridgehead atoms. The van der Waals surface area contributed by atoms with Gasteiger partial charge in [0.25, 0.3) is 0 Å². The molecule has 2 aromatic carbocycles. The van der Waals surface area contributed by atoms with Crippen molar-refractivity contribution in [2.75, 3.05) is 38.6 Å². The maximum absolute atomic E-state index is 13.8. The van der Waals surface area contributed by atoms with E-state index in [-0.39, 0.29) is 49.5 Å². The summed E-state index contributed by atoms with van der Waals surface area (Å²) in [6.07, 6.45) is -0.930. The predicted molar refractivity (Wildman–Crippen MR) is 154 cm³/mol. The van der Waals surface area contributed by atoms with Crippen LogP contribution in [0.5, 0.6) is 0 Å². The van der Waals surface area contributed by atoms with Gasteiger partial charge in [-0.3, -0.25) is 13.8 Å². The molecule has 1 saturated heterocycles. The minimum atomic E-state index is -4.61. The van der Waals surface area contributed by atoms with E-state index in [9.17, 15) is 22.7 Å². The van der Waals surface area contributed by atoms with Crippen molar-refractivity contribution in [1.29, 1.82) is 0 Å². The van der Waals surface area contributed by atoms with Crippen LogP contribution in [0.2, 0.25) is 0 Å². The third-order valence-corrected chi connectivity index (χ3v) is 9.48. The van der Waals surface area contributed by atoms with Gasteiger partial charge in [-0.25, -0.2) is 13.0 Å². The number of phosphoric acid groups is 1. The molecule has 4 atom stereocenters. The summed E-state index contributed by atoms with van der Waals surface area (Å²) in [7, 11) is -8.69. The number of nitrogens with zero attached hydrogens (tertiary/aromatic N) is 1. The molecule has 0 spiro atoms. The van der Waals surface area contributed by atoms with Crippen molar-refractivity contribution in [3.8, 4) is 0 Å². The Labute approximate surface area is 242 Å². The summed E-state index contributed by atoms with van der Waals surface area (Å²) in [4.78, 5) is 23.6. The number of rotatable bonds is 16. The zero-order valence-electron chi connectivity index (χ0n) is 23.8. The molecule has 0 radical (unpaired) electrons. The van der Waals surface area contributed by atoms with Gasteiger partial charge >= 0.3 is 13.8 Å². The van der Waals surface area contributed by atoms with E-state index < -0.39 is 35.8 Å². The second-order valence-electron chi connectivity index (χ2n) is 10.4. The largest absolute Gasteiger partial charge is 0.472 e. The van der Waals surface area contributed by atoms with Crippen molar-refractivity contribution in [2.24, 2.45) is 11.8 Å². The summed E-state index contributed by atoms with van der Waals surface area (Å²) in [6, 6.07) is 15.0. The summed E-state index contributed by atoms with van der Waals surface area (Å²) in [6.45, 7) is 5.74. The number of ether oxygens (including phenoxy) is 2. The number of esters is 1. The lowest BCUT2D eigenvalue weighted by atomic mass is 9.90. The molecule has 0 aromatic heterocycles. The number of hydrogen-bond donors (Lipinski definition) is 2. The minimum absolute atomic E-state index is 0.0170. The molecule has 2 aromatic rings. The molecule has 1 heterocycles. The van der Waals surface area contributed by atoms with E-state index in [0.717, 1.165) is 5.56 Å². The highest BCUT2D eigenvalue weighted by Crippen LogP contribution is 2.46. The summed E-state index contributed by atoms with van der Waals surface area (Å²) in [5, 5.41) is 0. The van der Waals surface area contributed by atoms with E-state index in [1.54, 1.807) is 6.92 Å². The smallest absolute Gasteiger partial charge is 0.460 e. The number of benzene rings is 2. The van der Waals surface area contributed by atoms with E-state index >= 15 is 0 Å². The number of sulfonamides is 1. The number of nitrogen functional groups attached to an aromatic ring is 1.